The van der Waals surface area contributed by atoms with E-state index in [-0.39, 0.29) is 5.91 Å². The lowest BCUT2D eigenvalue weighted by Gasteiger charge is -2.23. The minimum Gasteiger partial charge on any atom is -0.345 e. The van der Waals surface area contributed by atoms with Crippen LogP contribution in [0.15, 0.2) is 24.3 Å². The van der Waals surface area contributed by atoms with Gasteiger partial charge in [0, 0.05) is 25.1 Å². The van der Waals surface area contributed by atoms with Gasteiger partial charge in [0.2, 0.25) is 0 Å². The Morgan fingerprint density at radius 1 is 1.23 bits per heavy atom. The van der Waals surface area contributed by atoms with Gasteiger partial charge in [-0.15, -0.1) is 10.2 Å². The Morgan fingerprint density at radius 2 is 2.19 bits per heavy atom. The molecule has 0 spiro atoms. The number of fused-ring (bicyclic) bond motifs is 1. The van der Waals surface area contributed by atoms with E-state index in [0.29, 0.717) is 12.5 Å². The van der Waals surface area contributed by atoms with Crippen LogP contribution in [0.2, 0.25) is 0 Å². The quantitative estimate of drug-likeness (QED) is 0.885. The van der Waals surface area contributed by atoms with Crippen molar-refractivity contribution in [3.8, 4) is 0 Å². The Balaban J connectivity index is 1.41. The molecule has 2 N–H and O–H groups in total. The van der Waals surface area contributed by atoms with Crippen molar-refractivity contribution >= 4 is 5.91 Å². The first-order chi connectivity index (χ1) is 12.8. The summed E-state index contributed by atoms with van der Waals surface area (Å²) in [6.07, 6.45) is 6.93. The summed E-state index contributed by atoms with van der Waals surface area (Å²) >= 11 is 0. The lowest BCUT2D eigenvalue weighted by atomic mass is 9.90. The van der Waals surface area contributed by atoms with E-state index in [1.165, 1.54) is 31.2 Å². The largest absolute Gasteiger partial charge is 0.345 e. The highest BCUT2D eigenvalue weighted by atomic mass is 16.1. The molecule has 6 heteroatoms. The highest BCUT2D eigenvalue weighted by Crippen LogP contribution is 2.24. The van der Waals surface area contributed by atoms with E-state index in [4.69, 9.17) is 0 Å². The van der Waals surface area contributed by atoms with Gasteiger partial charge in [-0.25, -0.2) is 0 Å². The Bertz CT molecular complexity index is 763. The van der Waals surface area contributed by atoms with Crippen LogP contribution in [0, 0.1) is 0 Å². The van der Waals surface area contributed by atoms with E-state index in [2.05, 4.69) is 31.5 Å². The molecule has 26 heavy (non-hydrogen) atoms. The average molecular weight is 353 g/mol. The molecule has 1 unspecified atom stereocenters. The van der Waals surface area contributed by atoms with E-state index in [9.17, 15) is 4.79 Å². The number of benzene rings is 1. The summed E-state index contributed by atoms with van der Waals surface area (Å²) in [5.74, 6) is 2.38. The summed E-state index contributed by atoms with van der Waals surface area (Å²) in [5, 5.41) is 15.0. The topological polar surface area (TPSA) is 71.8 Å². The maximum atomic E-state index is 12.6. The number of aryl methyl sites for hydroxylation is 1. The first-order valence-electron chi connectivity index (χ1n) is 9.81. The summed E-state index contributed by atoms with van der Waals surface area (Å²) in [4.78, 5) is 12.6. The number of hydrogen-bond donors (Lipinski definition) is 2. The van der Waals surface area contributed by atoms with Crippen LogP contribution < -0.4 is 10.6 Å². The molecule has 2 aliphatic heterocycles. The van der Waals surface area contributed by atoms with Crippen molar-refractivity contribution in [3.05, 3.63) is 47.0 Å². The van der Waals surface area contributed by atoms with Crippen LogP contribution in [-0.2, 0) is 19.5 Å². The van der Waals surface area contributed by atoms with Gasteiger partial charge in [-0.2, -0.15) is 0 Å². The molecule has 1 atom stereocenters. The van der Waals surface area contributed by atoms with Crippen LogP contribution in [0.4, 0.5) is 0 Å². The molecule has 0 aliphatic carbocycles. The Labute approximate surface area is 154 Å². The fourth-order valence-electron chi connectivity index (χ4n) is 4.01. The number of carbonyl (C=O) groups excluding carboxylic acids is 1. The first kappa shape index (κ1) is 17.2. The fourth-order valence-corrected chi connectivity index (χ4v) is 4.01. The molecular weight excluding hydrogens is 326 g/mol. The van der Waals surface area contributed by atoms with Crippen molar-refractivity contribution in [1.29, 1.82) is 0 Å². The summed E-state index contributed by atoms with van der Waals surface area (Å²) < 4.78 is 2.18. The van der Waals surface area contributed by atoms with Crippen molar-refractivity contribution in [2.75, 3.05) is 13.1 Å². The second-order valence-corrected chi connectivity index (χ2v) is 7.35. The summed E-state index contributed by atoms with van der Waals surface area (Å²) in [7, 11) is 0. The van der Waals surface area contributed by atoms with Gasteiger partial charge < -0.3 is 15.2 Å². The Morgan fingerprint density at radius 3 is 3.08 bits per heavy atom. The number of amides is 1. The molecule has 0 bridgehead atoms. The Hall–Kier alpha value is -2.21. The summed E-state index contributed by atoms with van der Waals surface area (Å²) in [6, 6.07) is 8.05. The highest BCUT2D eigenvalue weighted by molar-refractivity contribution is 5.94. The van der Waals surface area contributed by atoms with Crippen LogP contribution in [0.5, 0.6) is 0 Å². The molecule has 0 radical (unpaired) electrons. The number of aromatic nitrogens is 3. The molecule has 2 aliphatic rings. The molecule has 0 saturated carbocycles. The summed E-state index contributed by atoms with van der Waals surface area (Å²) in [6.45, 7) is 3.48. The predicted molar refractivity (Wildman–Crippen MR) is 100 cm³/mol. The van der Waals surface area contributed by atoms with Gasteiger partial charge in [-0.05, 0) is 55.8 Å². The standard InChI is InChI=1S/C20H27N5O/c26-20(16-7-4-6-15(12-16)17-8-5-10-21-13-17)22-14-19-24-23-18-9-2-1-3-11-25(18)19/h4,6-7,12,17,21H,1-3,5,8-11,13-14H2,(H,22,26). The van der Waals surface area contributed by atoms with Crippen molar-refractivity contribution in [2.24, 2.45) is 0 Å². The molecule has 1 saturated heterocycles. The van der Waals surface area contributed by atoms with Crippen molar-refractivity contribution in [3.63, 3.8) is 0 Å². The van der Waals surface area contributed by atoms with Crippen LogP contribution in [0.3, 0.4) is 0 Å². The molecule has 1 aromatic heterocycles. The van der Waals surface area contributed by atoms with Crippen molar-refractivity contribution < 1.29 is 4.79 Å². The van der Waals surface area contributed by atoms with Gasteiger partial charge >= 0.3 is 0 Å². The number of rotatable bonds is 4. The van der Waals surface area contributed by atoms with Gasteiger partial charge in [0.05, 0.1) is 6.54 Å². The van der Waals surface area contributed by atoms with Crippen LogP contribution in [0.25, 0.3) is 0 Å². The predicted octanol–water partition coefficient (Wildman–Crippen LogP) is 2.40. The lowest BCUT2D eigenvalue weighted by Crippen LogP contribution is -2.29. The van der Waals surface area contributed by atoms with E-state index in [1.807, 2.05) is 18.2 Å². The molecule has 1 aromatic carbocycles. The fraction of sp³-hybridized carbons (Fsp3) is 0.550. The van der Waals surface area contributed by atoms with Crippen molar-refractivity contribution in [1.82, 2.24) is 25.4 Å². The van der Waals surface area contributed by atoms with Crippen LogP contribution in [-0.4, -0.2) is 33.8 Å². The zero-order valence-electron chi connectivity index (χ0n) is 15.2. The molecule has 6 nitrogen and oxygen atoms in total. The number of piperidine rings is 1. The second kappa shape index (κ2) is 7.99. The minimum atomic E-state index is -0.0402. The van der Waals surface area contributed by atoms with Crippen molar-refractivity contribution in [2.45, 2.75) is 57.5 Å². The van der Waals surface area contributed by atoms with E-state index < -0.39 is 0 Å². The Kier molecular flexibility index (Phi) is 5.29. The molecule has 1 fully saturated rings. The van der Waals surface area contributed by atoms with Crippen LogP contribution in [0.1, 0.15) is 65.6 Å². The number of nitrogens with one attached hydrogen (secondary N) is 2. The smallest absolute Gasteiger partial charge is 0.251 e. The number of carbonyl (C=O) groups is 1. The van der Waals surface area contributed by atoms with E-state index in [1.54, 1.807) is 0 Å². The maximum Gasteiger partial charge on any atom is 0.251 e. The first-order valence-corrected chi connectivity index (χ1v) is 9.81. The lowest BCUT2D eigenvalue weighted by molar-refractivity contribution is 0.0949. The van der Waals surface area contributed by atoms with Crippen LogP contribution >= 0.6 is 0 Å². The third-order valence-corrected chi connectivity index (χ3v) is 5.51. The normalized spacial score (nSPS) is 20.2. The van der Waals surface area contributed by atoms with Gasteiger partial charge in [0.15, 0.2) is 5.82 Å². The third-order valence-electron chi connectivity index (χ3n) is 5.51. The molecular formula is C20H27N5O. The second-order valence-electron chi connectivity index (χ2n) is 7.35. The number of nitrogens with zero attached hydrogens (tertiary/aromatic N) is 3. The van der Waals surface area contributed by atoms with Gasteiger partial charge in [-0.3, -0.25) is 4.79 Å². The SMILES string of the molecule is O=C(NCc1nnc2n1CCCCC2)c1cccc(C2CCCNC2)c1. The minimum absolute atomic E-state index is 0.0402. The zero-order chi connectivity index (χ0) is 17.8. The molecule has 1 amide bonds. The van der Waals surface area contributed by atoms with Gasteiger partial charge in [0.25, 0.3) is 5.91 Å². The summed E-state index contributed by atoms with van der Waals surface area (Å²) in [5.41, 5.74) is 1.98. The van der Waals surface area contributed by atoms with E-state index >= 15 is 0 Å². The molecule has 2 aromatic rings. The van der Waals surface area contributed by atoms with Gasteiger partial charge in [-0.1, -0.05) is 18.6 Å². The highest BCUT2D eigenvalue weighted by Gasteiger charge is 2.18. The number of hydrogen-bond acceptors (Lipinski definition) is 4. The maximum absolute atomic E-state index is 12.6. The molecule has 3 heterocycles. The molecule has 138 valence electrons. The molecule has 4 rings (SSSR count). The average Bonchev–Trinajstić information content (AvgIpc) is 2.93. The zero-order valence-corrected chi connectivity index (χ0v) is 15.2. The van der Waals surface area contributed by atoms with Gasteiger partial charge in [0.1, 0.15) is 5.82 Å². The monoisotopic (exact) mass is 353 g/mol. The van der Waals surface area contributed by atoms with E-state index in [0.717, 1.165) is 49.7 Å². The third kappa shape index (κ3) is 3.80.